The summed E-state index contributed by atoms with van der Waals surface area (Å²) in [6, 6.07) is 15.1. The van der Waals surface area contributed by atoms with Crippen LogP contribution < -0.4 is 0 Å². The van der Waals surface area contributed by atoms with Gasteiger partial charge in [-0.05, 0) is 42.0 Å². The van der Waals surface area contributed by atoms with E-state index in [0.29, 0.717) is 0 Å². The number of nitriles is 1. The van der Waals surface area contributed by atoms with Crippen LogP contribution in [0.3, 0.4) is 0 Å². The van der Waals surface area contributed by atoms with Gasteiger partial charge >= 0.3 is 0 Å². The van der Waals surface area contributed by atoms with Gasteiger partial charge < -0.3 is 0 Å². The third-order valence-electron chi connectivity index (χ3n) is 3.99. The summed E-state index contributed by atoms with van der Waals surface area (Å²) in [6.07, 6.45) is 6.85. The van der Waals surface area contributed by atoms with Crippen molar-refractivity contribution in [3.8, 4) is 16.5 Å². The second-order valence-electron chi connectivity index (χ2n) is 5.23. The van der Waals surface area contributed by atoms with Crippen LogP contribution in [0.2, 0.25) is 0 Å². The van der Waals surface area contributed by atoms with Crippen molar-refractivity contribution < 1.29 is 0 Å². The van der Waals surface area contributed by atoms with E-state index in [4.69, 9.17) is 5.26 Å². The van der Waals surface area contributed by atoms with Gasteiger partial charge in [-0.3, -0.25) is 0 Å². The molecule has 96 valence electrons. The first kappa shape index (κ1) is 12.4. The molecule has 0 bridgehead atoms. The Morgan fingerprint density at radius 2 is 1.68 bits per heavy atom. The Balaban J connectivity index is 1.80. The number of hydrogen-bond donors (Lipinski definition) is 0. The van der Waals surface area contributed by atoms with E-state index in [0.717, 1.165) is 10.8 Å². The fraction of sp³-hybridized carbons (Fsp3) is 0.353. The minimum atomic E-state index is 0.765. The van der Waals surface area contributed by atoms with Crippen molar-refractivity contribution >= 4 is 11.3 Å². The molecule has 0 unspecified atom stereocenters. The van der Waals surface area contributed by atoms with Gasteiger partial charge in [0.2, 0.25) is 0 Å². The highest BCUT2D eigenvalue weighted by molar-refractivity contribution is 7.16. The lowest BCUT2D eigenvalue weighted by molar-refractivity contribution is 0.443. The topological polar surface area (TPSA) is 23.8 Å². The smallest absolute Gasteiger partial charge is 0.110 e. The van der Waals surface area contributed by atoms with Gasteiger partial charge in [-0.1, -0.05) is 43.5 Å². The van der Waals surface area contributed by atoms with Gasteiger partial charge in [-0.2, -0.15) is 5.26 Å². The molecule has 1 aromatic carbocycles. The van der Waals surface area contributed by atoms with Crippen molar-refractivity contribution in [2.45, 2.75) is 38.0 Å². The molecule has 1 aromatic heterocycles. The molecule has 1 heterocycles. The summed E-state index contributed by atoms with van der Waals surface area (Å²) in [5.41, 5.74) is 2.71. The van der Waals surface area contributed by atoms with Gasteiger partial charge in [0.05, 0.1) is 0 Å². The first-order valence-corrected chi connectivity index (χ1v) is 7.79. The third kappa shape index (κ3) is 2.72. The van der Waals surface area contributed by atoms with Crippen LogP contribution >= 0.6 is 11.3 Å². The zero-order valence-corrected chi connectivity index (χ0v) is 11.7. The van der Waals surface area contributed by atoms with E-state index in [1.165, 1.54) is 48.1 Å². The van der Waals surface area contributed by atoms with E-state index in [1.807, 2.05) is 12.1 Å². The Labute approximate surface area is 118 Å². The average Bonchev–Trinajstić information content (AvgIpc) is 2.97. The molecule has 1 aliphatic carbocycles. The molecular weight excluding hydrogens is 250 g/mol. The van der Waals surface area contributed by atoms with Gasteiger partial charge in [0.25, 0.3) is 0 Å². The summed E-state index contributed by atoms with van der Waals surface area (Å²) >= 11 is 1.57. The number of thiophene rings is 1. The molecular formula is C17H17NS. The lowest BCUT2D eigenvalue weighted by Gasteiger charge is -2.22. The van der Waals surface area contributed by atoms with E-state index in [2.05, 4.69) is 30.3 Å². The second-order valence-corrected chi connectivity index (χ2v) is 6.32. The molecule has 3 rings (SSSR count). The molecule has 2 heteroatoms. The van der Waals surface area contributed by atoms with Crippen molar-refractivity contribution in [1.29, 1.82) is 5.26 Å². The van der Waals surface area contributed by atoms with Gasteiger partial charge in [0.15, 0.2) is 0 Å². The van der Waals surface area contributed by atoms with E-state index in [-0.39, 0.29) is 0 Å². The monoisotopic (exact) mass is 267 g/mol. The molecule has 0 saturated heterocycles. The molecule has 0 aliphatic heterocycles. The fourth-order valence-corrected chi connectivity index (χ4v) is 3.72. The molecule has 1 saturated carbocycles. The lowest BCUT2D eigenvalue weighted by Crippen LogP contribution is -2.03. The minimum Gasteiger partial charge on any atom is -0.192 e. The van der Waals surface area contributed by atoms with Crippen molar-refractivity contribution in [2.75, 3.05) is 0 Å². The van der Waals surface area contributed by atoms with Gasteiger partial charge in [-0.25, -0.2) is 0 Å². The molecule has 0 spiro atoms. The first-order valence-electron chi connectivity index (χ1n) is 6.97. The Kier molecular flexibility index (Phi) is 3.66. The summed E-state index contributed by atoms with van der Waals surface area (Å²) in [5, 5.41) is 8.87. The Bertz CT molecular complexity index is 582. The van der Waals surface area contributed by atoms with E-state index in [9.17, 15) is 0 Å². The predicted molar refractivity (Wildman–Crippen MR) is 80.3 cm³/mol. The van der Waals surface area contributed by atoms with Crippen LogP contribution in [0.15, 0.2) is 36.4 Å². The van der Waals surface area contributed by atoms with Crippen LogP contribution in [-0.4, -0.2) is 0 Å². The van der Waals surface area contributed by atoms with Crippen LogP contribution in [0, 0.1) is 11.3 Å². The maximum Gasteiger partial charge on any atom is 0.110 e. The highest BCUT2D eigenvalue weighted by atomic mass is 32.1. The molecule has 0 amide bonds. The zero-order chi connectivity index (χ0) is 13.1. The van der Waals surface area contributed by atoms with Crippen LogP contribution in [0.1, 0.15) is 48.5 Å². The van der Waals surface area contributed by atoms with Crippen LogP contribution in [0.4, 0.5) is 0 Å². The summed E-state index contributed by atoms with van der Waals surface area (Å²) in [6.45, 7) is 0. The van der Waals surface area contributed by atoms with Gasteiger partial charge in [0.1, 0.15) is 10.9 Å². The molecule has 1 fully saturated rings. The molecule has 1 nitrogen and oxygen atoms in total. The van der Waals surface area contributed by atoms with E-state index < -0.39 is 0 Å². The van der Waals surface area contributed by atoms with Crippen LogP contribution in [0.25, 0.3) is 10.4 Å². The van der Waals surface area contributed by atoms with Crippen LogP contribution in [0.5, 0.6) is 0 Å². The Hall–Kier alpha value is -1.59. The molecule has 1 aliphatic rings. The number of benzene rings is 1. The lowest BCUT2D eigenvalue weighted by atomic mass is 9.84. The Morgan fingerprint density at radius 1 is 0.947 bits per heavy atom. The summed E-state index contributed by atoms with van der Waals surface area (Å²) in [4.78, 5) is 1.97. The van der Waals surface area contributed by atoms with Crippen molar-refractivity contribution in [3.63, 3.8) is 0 Å². The van der Waals surface area contributed by atoms with Crippen molar-refractivity contribution in [3.05, 3.63) is 46.8 Å². The first-order chi connectivity index (χ1) is 9.36. The fourth-order valence-electron chi connectivity index (χ4n) is 2.91. The quantitative estimate of drug-likeness (QED) is 0.721. The maximum atomic E-state index is 8.87. The number of rotatable bonds is 2. The molecule has 0 atom stereocenters. The third-order valence-corrected chi connectivity index (χ3v) is 5.03. The predicted octanol–water partition coefficient (Wildman–Crippen LogP) is 5.33. The zero-order valence-electron chi connectivity index (χ0n) is 10.9. The van der Waals surface area contributed by atoms with E-state index in [1.54, 1.807) is 11.3 Å². The van der Waals surface area contributed by atoms with Gasteiger partial charge in [-0.15, -0.1) is 11.3 Å². The van der Waals surface area contributed by atoms with Crippen molar-refractivity contribution in [2.24, 2.45) is 0 Å². The largest absolute Gasteiger partial charge is 0.192 e. The van der Waals surface area contributed by atoms with Crippen LogP contribution in [-0.2, 0) is 0 Å². The normalized spacial score (nSPS) is 16.2. The molecule has 0 N–H and O–H groups in total. The molecule has 0 radical (unpaired) electrons. The number of hydrogen-bond acceptors (Lipinski definition) is 2. The maximum absolute atomic E-state index is 8.87. The average molecular weight is 267 g/mol. The second kappa shape index (κ2) is 5.59. The van der Waals surface area contributed by atoms with Gasteiger partial charge in [0, 0.05) is 4.88 Å². The number of nitrogens with zero attached hydrogens (tertiary/aromatic N) is 1. The summed E-state index contributed by atoms with van der Waals surface area (Å²) in [5.74, 6) is 0.765. The summed E-state index contributed by atoms with van der Waals surface area (Å²) in [7, 11) is 0. The Morgan fingerprint density at radius 3 is 2.32 bits per heavy atom. The highest BCUT2D eigenvalue weighted by Gasteiger charge is 2.15. The highest BCUT2D eigenvalue weighted by Crippen LogP contribution is 2.34. The molecule has 2 aromatic rings. The standard InChI is InChI=1S/C17H17NS/c18-12-16-10-11-17(19-16)15-8-6-14(7-9-15)13-4-2-1-3-5-13/h6-11,13H,1-5H2. The van der Waals surface area contributed by atoms with Crippen molar-refractivity contribution in [1.82, 2.24) is 0 Å². The minimum absolute atomic E-state index is 0.765. The molecule has 19 heavy (non-hydrogen) atoms. The summed E-state index contributed by atoms with van der Waals surface area (Å²) < 4.78 is 0. The van der Waals surface area contributed by atoms with E-state index >= 15 is 0 Å². The SMILES string of the molecule is N#Cc1ccc(-c2ccc(C3CCCCC3)cc2)s1.